The van der Waals surface area contributed by atoms with Crippen LogP contribution in [-0.2, 0) is 26.2 Å². The van der Waals surface area contributed by atoms with E-state index in [2.05, 4.69) is 5.32 Å². The van der Waals surface area contributed by atoms with Crippen molar-refractivity contribution >= 4 is 21.8 Å². The highest BCUT2D eigenvalue weighted by Gasteiger charge is 2.40. The smallest absolute Gasteiger partial charge is 0.243 e. The number of benzene rings is 2. The summed E-state index contributed by atoms with van der Waals surface area (Å²) < 4.78 is 38.7. The van der Waals surface area contributed by atoms with Crippen molar-refractivity contribution < 1.29 is 27.5 Å². The van der Waals surface area contributed by atoms with Gasteiger partial charge in [0.05, 0.1) is 19.1 Å². The molecule has 9 nitrogen and oxygen atoms in total. The number of carbonyl (C=O) groups excluding carboxylic acids is 2. The number of hydrogen-bond acceptors (Lipinski definition) is 6. The van der Waals surface area contributed by atoms with E-state index in [1.165, 1.54) is 30.3 Å². The number of nitrogens with one attached hydrogen (secondary N) is 1. The Balaban J connectivity index is 1.83. The van der Waals surface area contributed by atoms with Crippen LogP contribution in [0.25, 0.3) is 0 Å². The van der Waals surface area contributed by atoms with Crippen molar-refractivity contribution in [1.29, 1.82) is 0 Å². The first-order chi connectivity index (χ1) is 16.6. The fourth-order valence-corrected chi connectivity index (χ4v) is 5.58. The summed E-state index contributed by atoms with van der Waals surface area (Å²) in [6, 6.07) is 10.9. The second kappa shape index (κ2) is 11.1. The third-order valence-corrected chi connectivity index (χ3v) is 8.07. The second-order valence-electron chi connectivity index (χ2n) is 8.73. The maximum absolute atomic E-state index is 13.5. The van der Waals surface area contributed by atoms with E-state index in [9.17, 15) is 18.0 Å². The Morgan fingerprint density at radius 3 is 2.26 bits per heavy atom. The zero-order chi connectivity index (χ0) is 25.8. The summed E-state index contributed by atoms with van der Waals surface area (Å²) in [4.78, 5) is 26.9. The van der Waals surface area contributed by atoms with E-state index < -0.39 is 22.0 Å². The standard InChI is InChI=1S/C25H33N3O6S/c1-17(2)20-7-9-21(10-8-20)35(31,32)28-13-12-27(18(3)29)16-22(28)25(30)26-15-19-6-11-23(33-4)24(14-19)34-5/h6-11,14,17,22H,12-13,15-16H2,1-5H3,(H,26,30). The molecule has 0 spiro atoms. The van der Waals surface area contributed by atoms with Gasteiger partial charge in [-0.1, -0.05) is 32.0 Å². The Morgan fingerprint density at radius 1 is 1.03 bits per heavy atom. The van der Waals surface area contributed by atoms with Gasteiger partial charge >= 0.3 is 0 Å². The number of rotatable bonds is 8. The summed E-state index contributed by atoms with van der Waals surface area (Å²) in [6.45, 7) is 5.86. The van der Waals surface area contributed by atoms with Crippen LogP contribution in [0, 0.1) is 0 Å². The Hall–Kier alpha value is -3.11. The molecule has 0 aliphatic carbocycles. The molecule has 1 fully saturated rings. The molecule has 2 amide bonds. The predicted octanol–water partition coefficient (Wildman–Crippen LogP) is 2.37. The van der Waals surface area contributed by atoms with E-state index in [4.69, 9.17) is 9.47 Å². The molecule has 1 N–H and O–H groups in total. The molecule has 1 aliphatic rings. The van der Waals surface area contributed by atoms with Crippen LogP contribution in [0.2, 0.25) is 0 Å². The maximum atomic E-state index is 13.5. The van der Waals surface area contributed by atoms with E-state index in [1.54, 1.807) is 42.5 Å². The van der Waals surface area contributed by atoms with Gasteiger partial charge in [-0.25, -0.2) is 8.42 Å². The van der Waals surface area contributed by atoms with Crippen LogP contribution in [0.1, 0.15) is 37.8 Å². The van der Waals surface area contributed by atoms with Gasteiger partial charge in [0.1, 0.15) is 6.04 Å². The quantitative estimate of drug-likeness (QED) is 0.593. The number of methoxy groups -OCH3 is 2. The number of ether oxygens (including phenoxy) is 2. The van der Waals surface area contributed by atoms with E-state index in [0.717, 1.165) is 11.1 Å². The van der Waals surface area contributed by atoms with Crippen molar-refractivity contribution in [2.24, 2.45) is 0 Å². The van der Waals surface area contributed by atoms with Crippen LogP contribution in [0.3, 0.4) is 0 Å². The molecule has 0 aromatic heterocycles. The molecular weight excluding hydrogens is 470 g/mol. The molecule has 0 radical (unpaired) electrons. The molecule has 190 valence electrons. The zero-order valence-electron chi connectivity index (χ0n) is 20.8. The molecule has 0 saturated carbocycles. The van der Waals surface area contributed by atoms with Gasteiger partial charge in [-0.2, -0.15) is 4.31 Å². The highest BCUT2D eigenvalue weighted by molar-refractivity contribution is 7.89. The largest absolute Gasteiger partial charge is 0.493 e. The highest BCUT2D eigenvalue weighted by Crippen LogP contribution is 2.28. The van der Waals surface area contributed by atoms with Gasteiger partial charge in [0, 0.05) is 33.1 Å². The summed E-state index contributed by atoms with van der Waals surface area (Å²) in [7, 11) is -0.893. The van der Waals surface area contributed by atoms with Crippen LogP contribution in [-0.4, -0.2) is 69.3 Å². The van der Waals surface area contributed by atoms with Gasteiger partial charge in [-0.15, -0.1) is 0 Å². The van der Waals surface area contributed by atoms with Gasteiger partial charge in [0.25, 0.3) is 0 Å². The molecule has 2 aromatic carbocycles. The number of nitrogens with zero attached hydrogens (tertiary/aromatic N) is 2. The summed E-state index contributed by atoms with van der Waals surface area (Å²) >= 11 is 0. The normalized spacial score (nSPS) is 16.7. The lowest BCUT2D eigenvalue weighted by Gasteiger charge is -2.39. The lowest BCUT2D eigenvalue weighted by molar-refractivity contribution is -0.134. The molecule has 10 heteroatoms. The Bertz CT molecular complexity index is 1160. The van der Waals surface area contributed by atoms with Gasteiger partial charge in [0.2, 0.25) is 21.8 Å². The molecule has 0 bridgehead atoms. The summed E-state index contributed by atoms with van der Waals surface area (Å²) in [5.41, 5.74) is 1.78. The molecule has 1 aliphatic heterocycles. The van der Waals surface area contributed by atoms with Crippen LogP contribution < -0.4 is 14.8 Å². The maximum Gasteiger partial charge on any atom is 0.243 e. The Labute approximate surface area is 207 Å². The van der Waals surface area contributed by atoms with Crippen molar-refractivity contribution in [3.05, 3.63) is 53.6 Å². The summed E-state index contributed by atoms with van der Waals surface area (Å²) in [6.07, 6.45) is 0. The third-order valence-electron chi connectivity index (χ3n) is 6.15. The number of sulfonamides is 1. The van der Waals surface area contributed by atoms with Crippen LogP contribution >= 0.6 is 0 Å². The zero-order valence-corrected chi connectivity index (χ0v) is 21.6. The molecular formula is C25H33N3O6S. The van der Waals surface area contributed by atoms with Gasteiger partial charge < -0.3 is 19.7 Å². The first-order valence-corrected chi connectivity index (χ1v) is 12.9. The van der Waals surface area contributed by atoms with Crippen molar-refractivity contribution in [3.8, 4) is 11.5 Å². The molecule has 1 heterocycles. The van der Waals surface area contributed by atoms with Crippen LogP contribution in [0.15, 0.2) is 47.4 Å². The molecule has 3 rings (SSSR count). The van der Waals surface area contributed by atoms with E-state index in [-0.39, 0.29) is 42.9 Å². The van der Waals surface area contributed by atoms with Gasteiger partial charge in [-0.3, -0.25) is 9.59 Å². The fraction of sp³-hybridized carbons (Fsp3) is 0.440. The predicted molar refractivity (Wildman–Crippen MR) is 132 cm³/mol. The summed E-state index contributed by atoms with van der Waals surface area (Å²) in [5, 5.41) is 2.82. The number of hydrogen-bond donors (Lipinski definition) is 1. The van der Waals surface area contributed by atoms with Gasteiger partial charge in [-0.05, 0) is 41.3 Å². The number of amides is 2. The average molecular weight is 504 g/mol. The molecule has 1 unspecified atom stereocenters. The topological polar surface area (TPSA) is 105 Å². The average Bonchev–Trinajstić information content (AvgIpc) is 2.86. The summed E-state index contributed by atoms with van der Waals surface area (Å²) in [5.74, 6) is 0.663. The molecule has 1 saturated heterocycles. The van der Waals surface area contributed by atoms with E-state index in [1.807, 2.05) is 13.8 Å². The molecule has 35 heavy (non-hydrogen) atoms. The third kappa shape index (κ3) is 5.94. The van der Waals surface area contributed by atoms with Crippen molar-refractivity contribution in [2.45, 2.75) is 44.2 Å². The Kier molecular flexibility index (Phi) is 8.39. The van der Waals surface area contributed by atoms with E-state index in [0.29, 0.717) is 11.5 Å². The van der Waals surface area contributed by atoms with E-state index >= 15 is 0 Å². The van der Waals surface area contributed by atoms with Crippen molar-refractivity contribution in [1.82, 2.24) is 14.5 Å². The Morgan fingerprint density at radius 2 is 1.69 bits per heavy atom. The number of carbonyl (C=O) groups is 2. The molecule has 2 aromatic rings. The first-order valence-electron chi connectivity index (χ1n) is 11.4. The first kappa shape index (κ1) is 26.5. The van der Waals surface area contributed by atoms with Crippen LogP contribution in [0.5, 0.6) is 11.5 Å². The van der Waals surface area contributed by atoms with Gasteiger partial charge in [0.15, 0.2) is 11.5 Å². The monoisotopic (exact) mass is 503 g/mol. The highest BCUT2D eigenvalue weighted by atomic mass is 32.2. The van der Waals surface area contributed by atoms with Crippen LogP contribution in [0.4, 0.5) is 0 Å². The lowest BCUT2D eigenvalue weighted by atomic mass is 10.0. The minimum absolute atomic E-state index is 0.0175. The SMILES string of the molecule is COc1ccc(CNC(=O)C2CN(C(C)=O)CCN2S(=O)(=O)c2ccc(C(C)C)cc2)cc1OC. The van der Waals surface area contributed by atoms with Crippen molar-refractivity contribution in [2.75, 3.05) is 33.9 Å². The minimum atomic E-state index is -3.95. The lowest BCUT2D eigenvalue weighted by Crippen LogP contribution is -2.61. The second-order valence-corrected chi connectivity index (χ2v) is 10.6. The fourth-order valence-electron chi connectivity index (χ4n) is 4.01. The minimum Gasteiger partial charge on any atom is -0.493 e. The molecule has 1 atom stereocenters. The number of piperazine rings is 1. The van der Waals surface area contributed by atoms with Crippen molar-refractivity contribution in [3.63, 3.8) is 0 Å².